The maximum atomic E-state index is 13.7. The van der Waals surface area contributed by atoms with Crippen molar-refractivity contribution in [2.24, 2.45) is 0 Å². The van der Waals surface area contributed by atoms with Crippen LogP contribution in [-0.2, 0) is 38.2 Å². The fourth-order valence-electron chi connectivity index (χ4n) is 5.04. The number of hydrogen-bond donors (Lipinski definition) is 0. The number of ether oxygens (including phenoxy) is 4. The molecule has 1 amide bonds. The van der Waals surface area contributed by atoms with E-state index in [0.29, 0.717) is 18.6 Å². The van der Waals surface area contributed by atoms with Crippen molar-refractivity contribution in [1.29, 1.82) is 0 Å². The van der Waals surface area contributed by atoms with Gasteiger partial charge in [-0.1, -0.05) is 50.3 Å². The second kappa shape index (κ2) is 19.1. The fraction of sp³-hybridized carbons (Fsp3) is 0.676. The minimum atomic E-state index is -1.21. The van der Waals surface area contributed by atoms with Gasteiger partial charge < -0.3 is 23.8 Å². The second-order valence-electron chi connectivity index (χ2n) is 12.4. The minimum Gasteiger partial charge on any atom is -0.492 e. The third-order valence-electron chi connectivity index (χ3n) is 7.27. The first-order chi connectivity index (χ1) is 20.9. The summed E-state index contributed by atoms with van der Waals surface area (Å²) in [5, 5.41) is 0. The molecule has 0 aliphatic carbocycles. The van der Waals surface area contributed by atoms with Crippen LogP contribution in [0.4, 0.5) is 0 Å². The van der Waals surface area contributed by atoms with Crippen molar-refractivity contribution in [3.05, 3.63) is 30.3 Å². The van der Waals surface area contributed by atoms with Crippen molar-refractivity contribution in [1.82, 2.24) is 4.90 Å². The van der Waals surface area contributed by atoms with Gasteiger partial charge in [0.2, 0.25) is 5.91 Å². The fourth-order valence-corrected chi connectivity index (χ4v) is 5.04. The Morgan fingerprint density at radius 2 is 1.48 bits per heavy atom. The predicted molar refractivity (Wildman–Crippen MR) is 165 cm³/mol. The van der Waals surface area contributed by atoms with Crippen molar-refractivity contribution in [3.63, 3.8) is 0 Å². The van der Waals surface area contributed by atoms with Crippen molar-refractivity contribution < 1.29 is 42.9 Å². The van der Waals surface area contributed by atoms with Crippen LogP contribution < -0.4 is 4.74 Å². The summed E-state index contributed by atoms with van der Waals surface area (Å²) in [6.45, 7) is 8.50. The van der Waals surface area contributed by atoms with Crippen LogP contribution in [0.2, 0.25) is 0 Å². The lowest BCUT2D eigenvalue weighted by molar-refractivity contribution is -0.164. The topological polar surface area (TPSA) is 126 Å². The molecule has 10 heteroatoms. The number of ketones is 1. The Morgan fingerprint density at radius 3 is 2.09 bits per heavy atom. The lowest BCUT2D eigenvalue weighted by atomic mass is 9.98. The molecule has 1 unspecified atom stereocenters. The van der Waals surface area contributed by atoms with E-state index in [2.05, 4.69) is 0 Å². The van der Waals surface area contributed by atoms with Gasteiger partial charge in [-0.2, -0.15) is 0 Å². The summed E-state index contributed by atoms with van der Waals surface area (Å²) >= 11 is 0. The average Bonchev–Trinajstić information content (AvgIpc) is 2.94. The molecule has 1 aromatic rings. The molecule has 44 heavy (non-hydrogen) atoms. The summed E-state index contributed by atoms with van der Waals surface area (Å²) in [4.78, 5) is 66.1. The van der Waals surface area contributed by atoms with Crippen LogP contribution in [0.3, 0.4) is 0 Å². The SMILES string of the molecule is CC(=O)N(CCOc1ccccc1)C1CC(=O)[C@@H](OC(=O)CCC(=O)OC(C)(C)C)CCCCCCCCC[C@@H](C)OC1=O. The lowest BCUT2D eigenvalue weighted by Crippen LogP contribution is -2.49. The van der Waals surface area contributed by atoms with Gasteiger partial charge in [-0.3, -0.25) is 19.2 Å². The number of amides is 1. The number of esters is 3. The highest BCUT2D eigenvalue weighted by atomic mass is 16.6. The van der Waals surface area contributed by atoms with E-state index in [1.807, 2.05) is 25.1 Å². The molecular formula is C34H51NO9. The van der Waals surface area contributed by atoms with Gasteiger partial charge in [0.1, 0.15) is 24.0 Å². The van der Waals surface area contributed by atoms with Crippen LogP contribution in [0.25, 0.3) is 0 Å². The van der Waals surface area contributed by atoms with E-state index in [9.17, 15) is 24.0 Å². The molecule has 3 atom stereocenters. The Morgan fingerprint density at radius 1 is 0.886 bits per heavy atom. The molecule has 1 aromatic carbocycles. The maximum absolute atomic E-state index is 13.7. The van der Waals surface area contributed by atoms with Crippen molar-refractivity contribution in [2.45, 2.75) is 136 Å². The molecule has 1 fully saturated rings. The number of hydrogen-bond acceptors (Lipinski definition) is 9. The molecule has 0 bridgehead atoms. The van der Waals surface area contributed by atoms with Gasteiger partial charge in [-0.25, -0.2) is 4.79 Å². The van der Waals surface area contributed by atoms with Crippen LogP contribution in [-0.4, -0.2) is 71.5 Å². The van der Waals surface area contributed by atoms with Crippen LogP contribution in [0.1, 0.15) is 112 Å². The summed E-state index contributed by atoms with van der Waals surface area (Å²) < 4.78 is 22.4. The molecular weight excluding hydrogens is 566 g/mol. The number of para-hydroxylation sites is 1. The van der Waals surface area contributed by atoms with E-state index in [1.54, 1.807) is 32.9 Å². The highest BCUT2D eigenvalue weighted by Gasteiger charge is 2.36. The first-order valence-electron chi connectivity index (χ1n) is 16.0. The maximum Gasteiger partial charge on any atom is 0.329 e. The monoisotopic (exact) mass is 617 g/mol. The van der Waals surface area contributed by atoms with Crippen LogP contribution in [0, 0.1) is 0 Å². The number of Topliss-reactive ketones (excluding diaryl/α,β-unsaturated/α-hetero) is 1. The van der Waals surface area contributed by atoms with Crippen LogP contribution in [0.15, 0.2) is 30.3 Å². The third-order valence-corrected chi connectivity index (χ3v) is 7.27. The second-order valence-corrected chi connectivity index (χ2v) is 12.4. The molecule has 10 nitrogen and oxygen atoms in total. The Labute approximate surface area is 262 Å². The lowest BCUT2D eigenvalue weighted by Gasteiger charge is -2.31. The third kappa shape index (κ3) is 14.8. The molecule has 2 rings (SSSR count). The van der Waals surface area contributed by atoms with E-state index in [1.165, 1.54) is 11.8 Å². The first-order valence-corrected chi connectivity index (χ1v) is 16.0. The zero-order valence-corrected chi connectivity index (χ0v) is 27.1. The Kier molecular flexibility index (Phi) is 15.9. The highest BCUT2D eigenvalue weighted by molar-refractivity contribution is 5.92. The zero-order chi connectivity index (χ0) is 32.5. The molecule has 0 spiro atoms. The average molecular weight is 618 g/mol. The number of cyclic esters (lactones) is 1. The summed E-state index contributed by atoms with van der Waals surface area (Å²) in [7, 11) is 0. The summed E-state index contributed by atoms with van der Waals surface area (Å²) in [5.74, 6) is -2.19. The molecule has 0 aromatic heterocycles. The number of rotatable bonds is 9. The molecule has 0 radical (unpaired) electrons. The number of carbonyl (C=O) groups excluding carboxylic acids is 5. The van der Waals surface area contributed by atoms with Gasteiger partial charge in [-0.15, -0.1) is 0 Å². The predicted octanol–water partition coefficient (Wildman–Crippen LogP) is 5.73. The van der Waals surface area contributed by atoms with Gasteiger partial charge in [0, 0.05) is 13.3 Å². The standard InChI is InChI=1S/C34H51NO9/c1-25-16-12-9-7-6-8-10-15-19-30(43-31(38)20-21-32(39)44-34(3,4)5)29(37)24-28(33(40)42-25)35(26(2)36)22-23-41-27-17-13-11-14-18-27/h11,13-14,17-18,25,28,30H,6-10,12,15-16,19-24H2,1-5H3/t25-,28?,30+/m1/s1. The summed E-state index contributed by atoms with van der Waals surface area (Å²) in [6.07, 6.45) is 5.27. The quantitative estimate of drug-likeness (QED) is 0.252. The van der Waals surface area contributed by atoms with Crippen LogP contribution in [0.5, 0.6) is 5.75 Å². The van der Waals surface area contributed by atoms with Crippen LogP contribution >= 0.6 is 0 Å². The van der Waals surface area contributed by atoms with E-state index in [-0.39, 0.29) is 44.9 Å². The smallest absolute Gasteiger partial charge is 0.329 e. The Bertz CT molecular complexity index is 1070. The highest BCUT2D eigenvalue weighted by Crippen LogP contribution is 2.20. The molecule has 0 saturated carbocycles. The van der Waals surface area contributed by atoms with E-state index in [0.717, 1.165) is 38.5 Å². The van der Waals surface area contributed by atoms with E-state index < -0.39 is 47.3 Å². The zero-order valence-electron chi connectivity index (χ0n) is 27.1. The molecule has 0 N–H and O–H groups in total. The number of benzene rings is 1. The number of nitrogens with zero attached hydrogens (tertiary/aromatic N) is 1. The van der Waals surface area contributed by atoms with E-state index >= 15 is 0 Å². The Hall–Kier alpha value is -3.43. The summed E-state index contributed by atoms with van der Waals surface area (Å²) in [6, 6.07) is 7.87. The summed E-state index contributed by atoms with van der Waals surface area (Å²) in [5.41, 5.74) is -0.685. The first kappa shape index (κ1) is 36.8. The normalized spacial score (nSPS) is 21.1. The van der Waals surface area contributed by atoms with E-state index in [4.69, 9.17) is 18.9 Å². The van der Waals surface area contributed by atoms with Gasteiger partial charge in [0.15, 0.2) is 11.9 Å². The van der Waals surface area contributed by atoms with Gasteiger partial charge in [0.25, 0.3) is 0 Å². The van der Waals surface area contributed by atoms with Crippen molar-refractivity contribution in [2.75, 3.05) is 13.2 Å². The van der Waals surface area contributed by atoms with Gasteiger partial charge in [-0.05, 0) is 65.5 Å². The molecule has 1 heterocycles. The number of carbonyl (C=O) groups is 5. The minimum absolute atomic E-state index is 0.0476. The van der Waals surface area contributed by atoms with Gasteiger partial charge in [0.05, 0.1) is 25.5 Å². The molecule has 1 aliphatic heterocycles. The Balaban J connectivity index is 2.22. The van der Waals surface area contributed by atoms with Gasteiger partial charge >= 0.3 is 17.9 Å². The van der Waals surface area contributed by atoms with Crippen molar-refractivity contribution in [3.8, 4) is 5.75 Å². The molecule has 1 saturated heterocycles. The molecule has 246 valence electrons. The largest absolute Gasteiger partial charge is 0.492 e. The van der Waals surface area contributed by atoms with Crippen molar-refractivity contribution >= 4 is 29.6 Å². The molecule has 1 aliphatic rings.